The van der Waals surface area contributed by atoms with Gasteiger partial charge in [-0.05, 0) is 0 Å². The van der Waals surface area contributed by atoms with Gasteiger partial charge in [-0.15, -0.1) is 0 Å². The van der Waals surface area contributed by atoms with Crippen LogP contribution in [0.15, 0.2) is 59.7 Å². The molecule has 0 heterocycles. The third-order valence-electron chi connectivity index (χ3n) is 11.1. The molecule has 1 aromatic rings. The Labute approximate surface area is 227 Å². The quantitative estimate of drug-likeness (QED) is 0.476. The molecule has 2 saturated carbocycles. The number of benzene rings is 1. The van der Waals surface area contributed by atoms with Gasteiger partial charge in [0.2, 0.25) is 0 Å². The smallest absolute Gasteiger partial charge is 1.00 e. The van der Waals surface area contributed by atoms with Gasteiger partial charge < -0.3 is 24.8 Å². The van der Waals surface area contributed by atoms with Gasteiger partial charge in [0.15, 0.2) is 0 Å². The van der Waals surface area contributed by atoms with E-state index in [1.165, 1.54) is 38.5 Å². The molecular weight excluding hydrogens is 534 g/mol. The number of rotatable bonds is 2. The van der Waals surface area contributed by atoms with E-state index in [-0.39, 0.29) is 24.8 Å². The number of hydrogen-bond donors (Lipinski definition) is 0. The van der Waals surface area contributed by atoms with Crippen LogP contribution in [0, 0.1) is 29.1 Å². The number of allylic oxidation sites excluding steroid dienone is 6. The minimum Gasteiger partial charge on any atom is -1.00 e. The summed E-state index contributed by atoms with van der Waals surface area (Å²) >= 11 is -2.12. The molecule has 0 spiro atoms. The molecule has 2 fully saturated rings. The summed E-state index contributed by atoms with van der Waals surface area (Å²) in [5.74, 6) is 4.09. The summed E-state index contributed by atoms with van der Waals surface area (Å²) in [5, 5.41) is 0. The third kappa shape index (κ3) is 3.57. The van der Waals surface area contributed by atoms with Gasteiger partial charge in [-0.1, -0.05) is 0 Å². The molecule has 6 rings (SSSR count). The Morgan fingerprint density at radius 1 is 0.941 bits per heavy atom. The minimum atomic E-state index is -2.12. The van der Waals surface area contributed by atoms with E-state index in [9.17, 15) is 0 Å². The summed E-state index contributed by atoms with van der Waals surface area (Å²) < 4.78 is 6.14. The van der Waals surface area contributed by atoms with Crippen LogP contribution in [0.5, 0.6) is 0 Å². The Bertz CT molecular complexity index is 1050. The third-order valence-corrected chi connectivity index (χ3v) is 19.5. The summed E-state index contributed by atoms with van der Waals surface area (Å²) in [5.41, 5.74) is 7.50. The fourth-order valence-corrected chi connectivity index (χ4v) is 16.6. The molecular formula is C31H40Cl2Zr. The van der Waals surface area contributed by atoms with Crippen LogP contribution in [-0.4, -0.2) is 4.21 Å². The van der Waals surface area contributed by atoms with E-state index in [0.717, 1.165) is 23.7 Å². The zero-order valence-electron chi connectivity index (χ0n) is 21.3. The van der Waals surface area contributed by atoms with E-state index in [2.05, 4.69) is 76.3 Å². The second-order valence-electron chi connectivity index (χ2n) is 12.3. The van der Waals surface area contributed by atoms with Crippen molar-refractivity contribution in [3.05, 3.63) is 70.8 Å². The first-order chi connectivity index (χ1) is 15.4. The van der Waals surface area contributed by atoms with Gasteiger partial charge in [-0.3, -0.25) is 0 Å². The van der Waals surface area contributed by atoms with Gasteiger partial charge in [0, 0.05) is 0 Å². The average Bonchev–Trinajstić information content (AvgIpc) is 3.45. The molecule has 0 amide bonds. The Morgan fingerprint density at radius 3 is 2.29 bits per heavy atom. The van der Waals surface area contributed by atoms with E-state index < -0.39 is 21.3 Å². The van der Waals surface area contributed by atoms with Crippen LogP contribution in [0.2, 0.25) is 6.75 Å². The fourth-order valence-electron chi connectivity index (χ4n) is 8.89. The van der Waals surface area contributed by atoms with Crippen molar-refractivity contribution in [3.8, 4) is 0 Å². The van der Waals surface area contributed by atoms with Gasteiger partial charge in [-0.2, -0.15) is 0 Å². The Balaban J connectivity index is 0.00000137. The van der Waals surface area contributed by atoms with Crippen LogP contribution in [0.25, 0.3) is 0 Å². The van der Waals surface area contributed by atoms with Crippen molar-refractivity contribution in [3.63, 3.8) is 0 Å². The first kappa shape index (κ1) is 26.8. The predicted molar refractivity (Wildman–Crippen MR) is 134 cm³/mol. The molecule has 0 aromatic heterocycles. The summed E-state index contributed by atoms with van der Waals surface area (Å²) in [4.78, 5) is 0. The maximum atomic E-state index is 5.16. The molecule has 182 valence electrons. The fraction of sp³-hybridized carbons (Fsp3) is 0.581. The Morgan fingerprint density at radius 2 is 1.59 bits per heavy atom. The van der Waals surface area contributed by atoms with E-state index in [1.807, 2.05) is 11.1 Å². The molecule has 0 nitrogen and oxygen atoms in total. The molecule has 5 aliphatic rings. The maximum absolute atomic E-state index is 5.16. The van der Waals surface area contributed by atoms with Crippen LogP contribution in [-0.2, 0) is 27.7 Å². The van der Waals surface area contributed by atoms with Gasteiger partial charge in [0.25, 0.3) is 0 Å². The Kier molecular flexibility index (Phi) is 7.56. The molecule has 0 bridgehead atoms. The summed E-state index contributed by atoms with van der Waals surface area (Å²) in [6.07, 6.45) is 18.0. The second-order valence-corrected chi connectivity index (χ2v) is 19.0. The van der Waals surface area contributed by atoms with Gasteiger partial charge in [0.05, 0.1) is 0 Å². The van der Waals surface area contributed by atoms with E-state index in [0.29, 0.717) is 18.1 Å². The van der Waals surface area contributed by atoms with Crippen molar-refractivity contribution in [1.82, 2.24) is 0 Å². The molecule has 1 aromatic carbocycles. The van der Waals surface area contributed by atoms with Crippen molar-refractivity contribution in [1.29, 1.82) is 0 Å². The largest absolute Gasteiger partial charge is 1.00 e. The molecule has 0 aliphatic heterocycles. The first-order valence-electron chi connectivity index (χ1n) is 13.2. The topological polar surface area (TPSA) is 0 Å². The monoisotopic (exact) mass is 572 g/mol. The average molecular weight is 575 g/mol. The van der Waals surface area contributed by atoms with Crippen molar-refractivity contribution >= 4 is 4.21 Å². The van der Waals surface area contributed by atoms with Crippen LogP contribution in [0.1, 0.15) is 76.8 Å². The summed E-state index contributed by atoms with van der Waals surface area (Å²) in [6.45, 7) is 10.6. The van der Waals surface area contributed by atoms with E-state index >= 15 is 0 Å². The van der Waals surface area contributed by atoms with Crippen molar-refractivity contribution < 1.29 is 46.1 Å². The molecule has 34 heavy (non-hydrogen) atoms. The van der Waals surface area contributed by atoms with Crippen molar-refractivity contribution in [2.75, 3.05) is 0 Å². The number of halogens is 2. The van der Waals surface area contributed by atoms with Crippen LogP contribution >= 0.6 is 0 Å². The molecule has 0 radical (unpaired) electrons. The second kappa shape index (κ2) is 9.58. The van der Waals surface area contributed by atoms with E-state index in [4.69, 9.17) is 4.21 Å². The summed E-state index contributed by atoms with van der Waals surface area (Å²) in [6, 6.07) is 9.51. The van der Waals surface area contributed by atoms with Crippen LogP contribution < -0.4 is 24.8 Å². The standard InChI is InChI=1S/C25H33.C5H5.CH2.2ClH.Zr/c1-15-13-21-19-11-7-8-12-20(19)24-18-10-6-5-9-17(18)14-22(24)23(21)16(2)25(15,3)4;1-2-4-5-3-1;;;;/h5-6,9-10,15,19-21,24H,7-8,11-14H2,1-4H3;1-5H;1H2;2*1H;/q;;;;;+2/p-2. The maximum Gasteiger partial charge on any atom is -1.00 e. The number of fused-ring (bicyclic) bond motifs is 7. The molecule has 0 saturated heterocycles. The first-order valence-corrected chi connectivity index (χ1v) is 17.6. The zero-order chi connectivity index (χ0) is 22.3. The van der Waals surface area contributed by atoms with Gasteiger partial charge >= 0.3 is 204 Å². The molecule has 5 aliphatic carbocycles. The molecule has 6 unspecified atom stereocenters. The molecule has 3 heteroatoms. The molecule has 0 N–H and O–H groups in total. The Hall–Kier alpha value is -0.227. The zero-order valence-corrected chi connectivity index (χ0v) is 25.3. The van der Waals surface area contributed by atoms with Crippen LogP contribution in [0.3, 0.4) is 0 Å². The number of hydrogen-bond acceptors (Lipinski definition) is 0. The van der Waals surface area contributed by atoms with Gasteiger partial charge in [0.1, 0.15) is 0 Å². The van der Waals surface area contributed by atoms with Crippen LogP contribution in [0.4, 0.5) is 0 Å². The minimum absolute atomic E-state index is 0. The predicted octanol–water partition coefficient (Wildman–Crippen LogP) is 2.28. The van der Waals surface area contributed by atoms with E-state index in [1.54, 1.807) is 11.1 Å². The van der Waals surface area contributed by atoms with Gasteiger partial charge in [-0.25, -0.2) is 0 Å². The van der Waals surface area contributed by atoms with Crippen molar-refractivity contribution in [2.24, 2.45) is 29.1 Å². The normalized spacial score (nSPS) is 36.9. The SMILES string of the molecule is [CH2]=[Zr+2]([CH]1C=CC=C1)[C]1(C)C2=C3Cc4ccccc4C3C3CCCCC3C2CC(C)C1(C)C.[Cl-].[Cl-]. The summed E-state index contributed by atoms with van der Waals surface area (Å²) in [7, 11) is 0. The van der Waals surface area contributed by atoms with Crippen molar-refractivity contribution in [2.45, 2.75) is 78.9 Å². The molecule has 6 atom stereocenters.